The van der Waals surface area contributed by atoms with E-state index in [1.54, 1.807) is 12.1 Å². The molecule has 4 rings (SSSR count). The van der Waals surface area contributed by atoms with E-state index in [1.807, 2.05) is 0 Å². The lowest BCUT2D eigenvalue weighted by Crippen LogP contribution is -2.46. The van der Waals surface area contributed by atoms with Crippen LogP contribution in [0.1, 0.15) is 39.3 Å². The second-order valence-electron chi connectivity index (χ2n) is 8.09. The van der Waals surface area contributed by atoms with Gasteiger partial charge in [0.2, 0.25) is 0 Å². The van der Waals surface area contributed by atoms with Gasteiger partial charge >= 0.3 is 0 Å². The molecule has 2 amide bonds. The monoisotopic (exact) mass is 484 g/mol. The highest BCUT2D eigenvalue weighted by atomic mass is 19.2. The Kier molecular flexibility index (Phi) is 7.25. The van der Waals surface area contributed by atoms with Crippen molar-refractivity contribution in [3.05, 3.63) is 76.9 Å². The van der Waals surface area contributed by atoms with Crippen LogP contribution in [0.5, 0.6) is 0 Å². The van der Waals surface area contributed by atoms with Crippen molar-refractivity contribution in [2.24, 2.45) is 0 Å². The maximum Gasteiger partial charge on any atom is 0.274 e. The van der Waals surface area contributed by atoms with E-state index in [0.717, 1.165) is 25.5 Å². The lowest BCUT2D eigenvalue weighted by molar-refractivity contribution is 0.0923. The second-order valence-corrected chi connectivity index (χ2v) is 8.09. The Hall–Kier alpha value is -3.99. The molecule has 8 nitrogen and oxygen atoms in total. The van der Waals surface area contributed by atoms with Crippen molar-refractivity contribution in [1.82, 2.24) is 25.9 Å². The predicted molar refractivity (Wildman–Crippen MR) is 123 cm³/mol. The molecule has 11 heteroatoms. The van der Waals surface area contributed by atoms with E-state index in [2.05, 4.69) is 25.9 Å². The first-order chi connectivity index (χ1) is 16.8. The van der Waals surface area contributed by atoms with Crippen molar-refractivity contribution in [3.63, 3.8) is 0 Å². The largest absolute Gasteiger partial charge is 0.382 e. The third-order valence-electron chi connectivity index (χ3n) is 5.63. The number of hydrogen-bond acceptors (Lipinski definition) is 6. The minimum absolute atomic E-state index is 0.0249. The molecule has 1 aromatic heterocycles. The molecule has 2 aromatic carbocycles. The van der Waals surface area contributed by atoms with E-state index < -0.39 is 41.4 Å². The minimum atomic E-state index is -1.36. The Labute approximate surface area is 199 Å². The lowest BCUT2D eigenvalue weighted by atomic mass is 10.1. The zero-order chi connectivity index (χ0) is 24.9. The van der Waals surface area contributed by atoms with Crippen molar-refractivity contribution < 1.29 is 22.8 Å². The topological polar surface area (TPSA) is 122 Å². The second kappa shape index (κ2) is 10.5. The number of aromatic nitrogens is 2. The zero-order valence-electron chi connectivity index (χ0n) is 18.6. The fourth-order valence-electron chi connectivity index (χ4n) is 3.75. The molecule has 182 valence electrons. The fraction of sp³-hybridized carbons (Fsp3) is 0.250. The highest BCUT2D eigenvalue weighted by molar-refractivity contribution is 5.97. The number of piperidine rings is 1. The summed E-state index contributed by atoms with van der Waals surface area (Å²) in [4.78, 5) is 33.7. The number of nitrogens with one attached hydrogen (secondary N) is 3. The number of hydrogen-bond donors (Lipinski definition) is 4. The smallest absolute Gasteiger partial charge is 0.274 e. The molecule has 0 spiro atoms. The predicted octanol–water partition coefficient (Wildman–Crippen LogP) is 2.55. The lowest BCUT2D eigenvalue weighted by Gasteiger charge is -2.23. The molecule has 0 bridgehead atoms. The molecule has 0 radical (unpaired) electrons. The minimum Gasteiger partial charge on any atom is -0.382 e. The van der Waals surface area contributed by atoms with Crippen molar-refractivity contribution in [3.8, 4) is 11.3 Å². The zero-order valence-corrected chi connectivity index (χ0v) is 18.6. The Morgan fingerprint density at radius 2 is 1.91 bits per heavy atom. The van der Waals surface area contributed by atoms with E-state index in [4.69, 9.17) is 5.73 Å². The van der Waals surface area contributed by atoms with Crippen LogP contribution in [-0.2, 0) is 6.54 Å². The van der Waals surface area contributed by atoms with Crippen LogP contribution < -0.4 is 21.7 Å². The van der Waals surface area contributed by atoms with E-state index in [0.29, 0.717) is 23.9 Å². The summed E-state index contributed by atoms with van der Waals surface area (Å²) in [7, 11) is 0. The molecule has 35 heavy (non-hydrogen) atoms. The third-order valence-corrected chi connectivity index (χ3v) is 5.63. The Balaban J connectivity index is 1.50. The number of benzene rings is 2. The van der Waals surface area contributed by atoms with Crippen LogP contribution in [0.25, 0.3) is 11.3 Å². The van der Waals surface area contributed by atoms with Gasteiger partial charge in [0.15, 0.2) is 23.1 Å². The molecular weight excluding hydrogens is 461 g/mol. The first kappa shape index (κ1) is 24.1. The Bertz CT molecular complexity index is 1260. The van der Waals surface area contributed by atoms with Crippen LogP contribution >= 0.6 is 0 Å². The SMILES string of the molecule is Nc1ncc(-c2cccc(C(=O)NCc3c(F)ccc(F)c3F)c2)nc1C(=O)N[C@H]1CCCNC1. The van der Waals surface area contributed by atoms with Crippen molar-refractivity contribution in [2.75, 3.05) is 18.8 Å². The molecule has 3 aromatic rings. The maximum absolute atomic E-state index is 13.9. The molecule has 0 unspecified atom stereocenters. The summed E-state index contributed by atoms with van der Waals surface area (Å²) in [5.74, 6) is -4.64. The van der Waals surface area contributed by atoms with Gasteiger partial charge in [-0.05, 0) is 43.7 Å². The van der Waals surface area contributed by atoms with Crippen LogP contribution in [0.3, 0.4) is 0 Å². The van der Waals surface area contributed by atoms with Gasteiger partial charge in [0.25, 0.3) is 11.8 Å². The van der Waals surface area contributed by atoms with Gasteiger partial charge in [-0.25, -0.2) is 23.1 Å². The number of nitrogens with zero attached hydrogens (tertiary/aromatic N) is 2. The molecule has 1 fully saturated rings. The van der Waals surface area contributed by atoms with Crippen molar-refractivity contribution in [1.29, 1.82) is 0 Å². The number of nitrogens with two attached hydrogens (primary N) is 1. The van der Waals surface area contributed by atoms with Crippen LogP contribution in [0.2, 0.25) is 0 Å². The van der Waals surface area contributed by atoms with Gasteiger partial charge in [0, 0.05) is 35.8 Å². The maximum atomic E-state index is 13.9. The van der Waals surface area contributed by atoms with E-state index in [9.17, 15) is 22.8 Å². The van der Waals surface area contributed by atoms with E-state index >= 15 is 0 Å². The van der Waals surface area contributed by atoms with Gasteiger partial charge in [0.05, 0.1) is 11.9 Å². The number of rotatable bonds is 6. The molecule has 1 aliphatic rings. The van der Waals surface area contributed by atoms with Crippen LogP contribution in [0.15, 0.2) is 42.6 Å². The normalized spacial score (nSPS) is 15.5. The molecule has 1 saturated heterocycles. The van der Waals surface area contributed by atoms with Gasteiger partial charge in [-0.1, -0.05) is 12.1 Å². The van der Waals surface area contributed by atoms with Gasteiger partial charge in [-0.15, -0.1) is 0 Å². The summed E-state index contributed by atoms with van der Waals surface area (Å²) in [6.07, 6.45) is 3.16. The average molecular weight is 484 g/mol. The number of carbonyl (C=O) groups is 2. The number of nitrogen functional groups attached to an aromatic ring is 1. The summed E-state index contributed by atoms with van der Waals surface area (Å²) < 4.78 is 41.1. The van der Waals surface area contributed by atoms with Crippen LogP contribution in [0.4, 0.5) is 19.0 Å². The number of anilines is 1. The summed E-state index contributed by atoms with van der Waals surface area (Å²) in [5.41, 5.74) is 6.22. The highest BCUT2D eigenvalue weighted by Crippen LogP contribution is 2.21. The average Bonchev–Trinajstić information content (AvgIpc) is 2.87. The first-order valence-corrected chi connectivity index (χ1v) is 11.0. The van der Waals surface area contributed by atoms with Gasteiger partial charge in [-0.3, -0.25) is 9.59 Å². The van der Waals surface area contributed by atoms with Crippen molar-refractivity contribution in [2.45, 2.75) is 25.4 Å². The third kappa shape index (κ3) is 5.57. The Morgan fingerprint density at radius 3 is 2.69 bits per heavy atom. The molecule has 1 atom stereocenters. The molecule has 5 N–H and O–H groups in total. The number of carbonyl (C=O) groups excluding carboxylic acids is 2. The summed E-state index contributed by atoms with van der Waals surface area (Å²) in [5, 5.41) is 8.48. The molecule has 0 aliphatic carbocycles. The van der Waals surface area contributed by atoms with E-state index in [-0.39, 0.29) is 23.1 Å². The standard InChI is InChI=1S/C24H23F3N6O2/c25-17-6-7-18(26)20(27)16(17)11-31-23(34)14-4-1-3-13(9-14)19-12-30-22(28)21(33-19)24(35)32-15-5-2-8-29-10-15/h1,3-4,6-7,9,12,15,29H,2,5,8,10-11H2,(H2,28,30)(H,31,34)(H,32,35)/t15-/m0/s1. The summed E-state index contributed by atoms with van der Waals surface area (Å²) >= 11 is 0. The number of amides is 2. The van der Waals surface area contributed by atoms with Gasteiger partial charge in [-0.2, -0.15) is 0 Å². The van der Waals surface area contributed by atoms with Crippen molar-refractivity contribution >= 4 is 17.6 Å². The molecular formula is C24H23F3N6O2. The molecule has 2 heterocycles. The van der Waals surface area contributed by atoms with Crippen LogP contribution in [0, 0.1) is 17.5 Å². The van der Waals surface area contributed by atoms with Gasteiger partial charge < -0.3 is 21.7 Å². The first-order valence-electron chi connectivity index (χ1n) is 11.0. The molecule has 0 saturated carbocycles. The summed E-state index contributed by atoms with van der Waals surface area (Å²) in [6.45, 7) is 1.01. The quantitative estimate of drug-likeness (QED) is 0.399. The highest BCUT2D eigenvalue weighted by Gasteiger charge is 2.21. The van der Waals surface area contributed by atoms with E-state index in [1.165, 1.54) is 18.3 Å². The fourth-order valence-corrected chi connectivity index (χ4v) is 3.75. The van der Waals surface area contributed by atoms with Gasteiger partial charge in [0.1, 0.15) is 5.82 Å². The summed E-state index contributed by atoms with van der Waals surface area (Å²) in [6, 6.07) is 7.65. The molecule has 1 aliphatic heterocycles. The number of halogens is 3. The van der Waals surface area contributed by atoms with Crippen LogP contribution in [-0.4, -0.2) is 40.9 Å². The Morgan fingerprint density at radius 1 is 1.11 bits per heavy atom.